The Morgan fingerprint density at radius 1 is 1.14 bits per heavy atom. The molecule has 0 saturated carbocycles. The van der Waals surface area contributed by atoms with Gasteiger partial charge in [0.25, 0.3) is 0 Å². The molecule has 148 valence electrons. The van der Waals surface area contributed by atoms with Crippen LogP contribution < -0.4 is 15.6 Å². The van der Waals surface area contributed by atoms with Crippen LogP contribution in [-0.2, 0) is 6.42 Å². The molecule has 2 unspecified atom stereocenters. The number of ether oxygens (including phenoxy) is 1. The molecule has 28 heavy (non-hydrogen) atoms. The van der Waals surface area contributed by atoms with Crippen molar-refractivity contribution in [3.05, 3.63) is 70.0 Å². The van der Waals surface area contributed by atoms with Gasteiger partial charge < -0.3 is 25.3 Å². The Morgan fingerprint density at radius 3 is 2.71 bits per heavy atom. The number of fused-ring (bicyclic) bond motifs is 1. The van der Waals surface area contributed by atoms with Gasteiger partial charge in [0.1, 0.15) is 11.5 Å². The standard InChI is InChI=1S/C22H26N2O4/c1-14(7-8-15-5-3-4-6-20(15)28-2)23-13-19(26)16-9-11-18(25)22-17(16)10-12-21(27)24-22/h3-6,9-12,14,19,23,25-26H,7-8,13H2,1-2H3,(H,24,27). The summed E-state index contributed by atoms with van der Waals surface area (Å²) in [5.41, 5.74) is 1.87. The maximum absolute atomic E-state index is 11.5. The molecule has 0 bridgehead atoms. The van der Waals surface area contributed by atoms with E-state index in [0.717, 1.165) is 24.2 Å². The second kappa shape index (κ2) is 8.91. The minimum Gasteiger partial charge on any atom is -0.506 e. The molecule has 2 aromatic carbocycles. The number of aromatic amines is 1. The quantitative estimate of drug-likeness (QED) is 0.481. The minimum absolute atomic E-state index is 0.0122. The van der Waals surface area contributed by atoms with Crippen LogP contribution in [0.15, 0.2) is 53.3 Å². The summed E-state index contributed by atoms with van der Waals surface area (Å²) < 4.78 is 5.39. The molecule has 6 heteroatoms. The number of hydrogen-bond donors (Lipinski definition) is 4. The van der Waals surface area contributed by atoms with Crippen LogP contribution in [0.2, 0.25) is 0 Å². The van der Waals surface area contributed by atoms with E-state index >= 15 is 0 Å². The molecule has 0 amide bonds. The van der Waals surface area contributed by atoms with Crippen molar-refractivity contribution < 1.29 is 14.9 Å². The van der Waals surface area contributed by atoms with Gasteiger partial charge in [-0.05, 0) is 49.1 Å². The maximum atomic E-state index is 11.5. The SMILES string of the molecule is COc1ccccc1CCC(C)NCC(O)c1ccc(O)c2[nH]c(=O)ccc12. The zero-order chi connectivity index (χ0) is 20.1. The van der Waals surface area contributed by atoms with Gasteiger partial charge in [-0.15, -0.1) is 0 Å². The number of para-hydroxylation sites is 1. The van der Waals surface area contributed by atoms with Gasteiger partial charge in [-0.2, -0.15) is 0 Å². The highest BCUT2D eigenvalue weighted by Gasteiger charge is 2.15. The average molecular weight is 382 g/mol. The summed E-state index contributed by atoms with van der Waals surface area (Å²) in [6, 6.07) is 14.3. The number of aliphatic hydroxyl groups excluding tert-OH is 1. The van der Waals surface area contributed by atoms with Crippen molar-refractivity contribution >= 4 is 10.9 Å². The zero-order valence-corrected chi connectivity index (χ0v) is 16.1. The number of aromatic hydroxyl groups is 1. The van der Waals surface area contributed by atoms with E-state index in [0.29, 0.717) is 23.0 Å². The third kappa shape index (κ3) is 4.52. The summed E-state index contributed by atoms with van der Waals surface area (Å²) in [6.45, 7) is 2.45. The van der Waals surface area contributed by atoms with Crippen LogP contribution in [0, 0.1) is 0 Å². The summed E-state index contributed by atoms with van der Waals surface area (Å²) in [5, 5.41) is 24.6. The van der Waals surface area contributed by atoms with Crippen LogP contribution in [0.1, 0.15) is 30.6 Å². The van der Waals surface area contributed by atoms with Gasteiger partial charge in [0, 0.05) is 24.0 Å². The van der Waals surface area contributed by atoms with E-state index in [9.17, 15) is 15.0 Å². The van der Waals surface area contributed by atoms with Gasteiger partial charge >= 0.3 is 0 Å². The molecule has 0 aliphatic rings. The summed E-state index contributed by atoms with van der Waals surface area (Å²) in [7, 11) is 1.67. The molecule has 0 spiro atoms. The van der Waals surface area contributed by atoms with Crippen molar-refractivity contribution in [2.75, 3.05) is 13.7 Å². The lowest BCUT2D eigenvalue weighted by atomic mass is 10.0. The molecule has 0 aliphatic heterocycles. The summed E-state index contributed by atoms with van der Waals surface area (Å²) >= 11 is 0. The number of phenols is 1. The van der Waals surface area contributed by atoms with E-state index in [4.69, 9.17) is 4.74 Å². The Bertz CT molecular complexity index is 999. The van der Waals surface area contributed by atoms with Gasteiger partial charge in [-0.3, -0.25) is 4.79 Å². The smallest absolute Gasteiger partial charge is 0.248 e. The predicted molar refractivity (Wildman–Crippen MR) is 110 cm³/mol. The Hall–Kier alpha value is -2.83. The van der Waals surface area contributed by atoms with E-state index in [-0.39, 0.29) is 17.4 Å². The highest BCUT2D eigenvalue weighted by molar-refractivity contribution is 5.87. The van der Waals surface area contributed by atoms with Crippen molar-refractivity contribution in [1.82, 2.24) is 10.3 Å². The number of pyridine rings is 1. The summed E-state index contributed by atoms with van der Waals surface area (Å²) in [6.07, 6.45) is 1.01. The Balaban J connectivity index is 1.62. The van der Waals surface area contributed by atoms with Crippen LogP contribution in [0.3, 0.4) is 0 Å². The number of hydrogen-bond acceptors (Lipinski definition) is 5. The van der Waals surface area contributed by atoms with Gasteiger partial charge in [0.05, 0.1) is 18.7 Å². The normalized spacial score (nSPS) is 13.4. The zero-order valence-electron chi connectivity index (χ0n) is 16.1. The monoisotopic (exact) mass is 382 g/mol. The van der Waals surface area contributed by atoms with Crippen molar-refractivity contribution in [2.24, 2.45) is 0 Å². The van der Waals surface area contributed by atoms with Gasteiger partial charge in [-0.25, -0.2) is 0 Å². The molecule has 1 aromatic heterocycles. The number of aryl methyl sites for hydroxylation is 1. The van der Waals surface area contributed by atoms with Crippen LogP contribution in [-0.4, -0.2) is 34.9 Å². The predicted octanol–water partition coefficient (Wildman–Crippen LogP) is 2.89. The third-order valence-electron chi connectivity index (χ3n) is 4.96. The molecule has 6 nitrogen and oxygen atoms in total. The fourth-order valence-electron chi connectivity index (χ4n) is 3.36. The van der Waals surface area contributed by atoms with Crippen LogP contribution >= 0.6 is 0 Å². The Kier molecular flexibility index (Phi) is 6.34. The molecule has 1 heterocycles. The highest BCUT2D eigenvalue weighted by Crippen LogP contribution is 2.28. The number of methoxy groups -OCH3 is 1. The molecule has 0 radical (unpaired) electrons. The Labute approximate surface area is 163 Å². The van der Waals surface area contributed by atoms with Crippen molar-refractivity contribution in [2.45, 2.75) is 31.9 Å². The van der Waals surface area contributed by atoms with Crippen molar-refractivity contribution in [3.63, 3.8) is 0 Å². The summed E-state index contributed by atoms with van der Waals surface area (Å²) in [5.74, 6) is 0.876. The first-order chi connectivity index (χ1) is 13.5. The molecule has 0 fully saturated rings. The first-order valence-electron chi connectivity index (χ1n) is 9.38. The van der Waals surface area contributed by atoms with E-state index in [1.807, 2.05) is 18.2 Å². The molecule has 3 aromatic rings. The third-order valence-corrected chi connectivity index (χ3v) is 4.96. The van der Waals surface area contributed by atoms with E-state index in [1.165, 1.54) is 12.1 Å². The lowest BCUT2D eigenvalue weighted by molar-refractivity contribution is 0.171. The molecule has 3 rings (SSSR count). The topological polar surface area (TPSA) is 94.6 Å². The van der Waals surface area contributed by atoms with Crippen molar-refractivity contribution in [3.8, 4) is 11.5 Å². The highest BCUT2D eigenvalue weighted by atomic mass is 16.5. The lowest BCUT2D eigenvalue weighted by Crippen LogP contribution is -2.31. The van der Waals surface area contributed by atoms with E-state index in [2.05, 4.69) is 23.3 Å². The molecule has 0 saturated heterocycles. The fourth-order valence-corrected chi connectivity index (χ4v) is 3.36. The van der Waals surface area contributed by atoms with Gasteiger partial charge in [0.2, 0.25) is 5.56 Å². The second-order valence-corrected chi connectivity index (χ2v) is 6.96. The van der Waals surface area contributed by atoms with Gasteiger partial charge in [-0.1, -0.05) is 24.3 Å². The van der Waals surface area contributed by atoms with E-state index < -0.39 is 6.10 Å². The average Bonchev–Trinajstić information content (AvgIpc) is 2.71. The molecule has 0 aliphatic carbocycles. The van der Waals surface area contributed by atoms with Crippen LogP contribution in [0.25, 0.3) is 10.9 Å². The minimum atomic E-state index is -0.761. The van der Waals surface area contributed by atoms with Crippen molar-refractivity contribution in [1.29, 1.82) is 0 Å². The molecule has 2 atom stereocenters. The maximum Gasteiger partial charge on any atom is 0.248 e. The number of phenolic OH excluding ortho intramolecular Hbond substituents is 1. The Morgan fingerprint density at radius 2 is 1.93 bits per heavy atom. The van der Waals surface area contributed by atoms with Crippen LogP contribution in [0.5, 0.6) is 11.5 Å². The van der Waals surface area contributed by atoms with Crippen LogP contribution in [0.4, 0.5) is 0 Å². The number of nitrogens with one attached hydrogen (secondary N) is 2. The number of benzene rings is 2. The summed E-state index contributed by atoms with van der Waals surface area (Å²) in [4.78, 5) is 14.1. The molecule has 4 N–H and O–H groups in total. The first kappa shape index (κ1) is 19.9. The second-order valence-electron chi connectivity index (χ2n) is 6.96. The number of rotatable bonds is 8. The largest absolute Gasteiger partial charge is 0.506 e. The number of aromatic nitrogens is 1. The first-order valence-corrected chi connectivity index (χ1v) is 9.38. The number of aliphatic hydroxyl groups is 1. The lowest BCUT2D eigenvalue weighted by Gasteiger charge is -2.19. The van der Waals surface area contributed by atoms with E-state index in [1.54, 1.807) is 19.2 Å². The molecular formula is C22H26N2O4. The fraction of sp³-hybridized carbons (Fsp3) is 0.318. The molecular weight excluding hydrogens is 356 g/mol. The number of H-pyrrole nitrogens is 1. The van der Waals surface area contributed by atoms with Gasteiger partial charge in [0.15, 0.2) is 0 Å².